The summed E-state index contributed by atoms with van der Waals surface area (Å²) in [7, 11) is 0. The van der Waals surface area contributed by atoms with Crippen LogP contribution in [0.4, 0.5) is 5.69 Å². The zero-order chi connectivity index (χ0) is 23.0. The van der Waals surface area contributed by atoms with Gasteiger partial charge in [-0.1, -0.05) is 42.5 Å². The molecule has 0 saturated carbocycles. The van der Waals surface area contributed by atoms with Gasteiger partial charge in [-0.2, -0.15) is 5.26 Å². The lowest BCUT2D eigenvalue weighted by molar-refractivity contribution is -0.118. The van der Waals surface area contributed by atoms with Gasteiger partial charge in [0.15, 0.2) is 0 Å². The minimum Gasteiger partial charge on any atom is -0.352 e. The second kappa shape index (κ2) is 10.6. The first-order chi connectivity index (χ1) is 16.1. The van der Waals surface area contributed by atoms with Crippen LogP contribution in [-0.4, -0.2) is 24.9 Å². The highest BCUT2D eigenvalue weighted by atomic mass is 16.2. The third kappa shape index (κ3) is 5.67. The van der Waals surface area contributed by atoms with Gasteiger partial charge >= 0.3 is 0 Å². The normalized spacial score (nSPS) is 12.5. The molecule has 0 radical (unpaired) electrons. The highest BCUT2D eigenvalue weighted by molar-refractivity contribution is 5.98. The summed E-state index contributed by atoms with van der Waals surface area (Å²) in [5, 5.41) is 11.9. The SMILES string of the molecule is N#Cc1ccc(CCC(=O)N2CCCc3cc(C(=O)NCCc4ccccc4)ccc32)cc1. The second-order valence-corrected chi connectivity index (χ2v) is 8.29. The van der Waals surface area contributed by atoms with E-state index in [1.807, 2.05) is 53.4 Å². The summed E-state index contributed by atoms with van der Waals surface area (Å²) in [4.78, 5) is 27.4. The fraction of sp³-hybridized carbons (Fsp3) is 0.250. The van der Waals surface area contributed by atoms with E-state index in [9.17, 15) is 9.59 Å². The predicted molar refractivity (Wildman–Crippen MR) is 129 cm³/mol. The van der Waals surface area contributed by atoms with Crippen LogP contribution in [0.1, 0.15) is 45.5 Å². The molecule has 2 amide bonds. The Morgan fingerprint density at radius 1 is 0.939 bits per heavy atom. The summed E-state index contributed by atoms with van der Waals surface area (Å²) in [5.41, 5.74) is 5.44. The number of fused-ring (bicyclic) bond motifs is 1. The minimum absolute atomic E-state index is 0.0837. The molecule has 0 atom stereocenters. The molecule has 0 saturated heterocycles. The molecular formula is C28H27N3O2. The first-order valence-corrected chi connectivity index (χ1v) is 11.4. The van der Waals surface area contributed by atoms with Gasteiger partial charge in [-0.3, -0.25) is 9.59 Å². The molecule has 5 nitrogen and oxygen atoms in total. The maximum atomic E-state index is 12.9. The van der Waals surface area contributed by atoms with Gasteiger partial charge in [0.25, 0.3) is 5.91 Å². The van der Waals surface area contributed by atoms with Crippen LogP contribution >= 0.6 is 0 Å². The summed E-state index contributed by atoms with van der Waals surface area (Å²) in [6.07, 6.45) is 3.58. The van der Waals surface area contributed by atoms with E-state index in [4.69, 9.17) is 5.26 Å². The topological polar surface area (TPSA) is 73.2 Å². The zero-order valence-electron chi connectivity index (χ0n) is 18.6. The molecule has 0 aliphatic carbocycles. The van der Waals surface area contributed by atoms with E-state index in [2.05, 4.69) is 23.5 Å². The Labute approximate surface area is 194 Å². The number of hydrogen-bond donors (Lipinski definition) is 1. The molecule has 166 valence electrons. The number of nitriles is 1. The Morgan fingerprint density at radius 3 is 2.45 bits per heavy atom. The maximum absolute atomic E-state index is 12.9. The number of amides is 2. The molecule has 1 aliphatic rings. The minimum atomic E-state index is -0.0852. The van der Waals surface area contributed by atoms with Crippen molar-refractivity contribution in [3.8, 4) is 6.07 Å². The standard InChI is InChI=1S/C28H27N3O2/c29-20-23-10-8-22(9-11-23)12-15-27(32)31-18-4-7-24-19-25(13-14-26(24)31)28(33)30-17-16-21-5-2-1-3-6-21/h1-3,5-6,8-11,13-14,19H,4,7,12,15-18H2,(H,30,33). The van der Waals surface area contributed by atoms with E-state index in [-0.39, 0.29) is 11.8 Å². The van der Waals surface area contributed by atoms with Gasteiger partial charge in [0.05, 0.1) is 11.6 Å². The Kier molecular flexibility index (Phi) is 7.16. The summed E-state index contributed by atoms with van der Waals surface area (Å²) < 4.78 is 0. The van der Waals surface area contributed by atoms with Crippen molar-refractivity contribution in [1.82, 2.24) is 5.32 Å². The van der Waals surface area contributed by atoms with E-state index in [1.165, 1.54) is 5.56 Å². The van der Waals surface area contributed by atoms with Gasteiger partial charge in [0, 0.05) is 30.8 Å². The molecule has 3 aromatic carbocycles. The van der Waals surface area contributed by atoms with Crippen LogP contribution in [-0.2, 0) is 24.1 Å². The van der Waals surface area contributed by atoms with Gasteiger partial charge < -0.3 is 10.2 Å². The number of nitrogens with zero attached hydrogens (tertiary/aromatic N) is 2. The Hall–Kier alpha value is -3.91. The van der Waals surface area contributed by atoms with Crippen molar-refractivity contribution in [1.29, 1.82) is 5.26 Å². The monoisotopic (exact) mass is 437 g/mol. The molecular weight excluding hydrogens is 410 g/mol. The molecule has 5 heteroatoms. The van der Waals surface area contributed by atoms with Gasteiger partial charge in [-0.15, -0.1) is 0 Å². The Morgan fingerprint density at radius 2 is 1.70 bits per heavy atom. The summed E-state index contributed by atoms with van der Waals surface area (Å²) in [6, 6.07) is 25.2. The average molecular weight is 438 g/mol. The number of carbonyl (C=O) groups is 2. The fourth-order valence-electron chi connectivity index (χ4n) is 4.20. The van der Waals surface area contributed by atoms with Crippen molar-refractivity contribution >= 4 is 17.5 Å². The molecule has 1 N–H and O–H groups in total. The maximum Gasteiger partial charge on any atom is 0.251 e. The molecule has 33 heavy (non-hydrogen) atoms. The molecule has 3 aromatic rings. The number of rotatable bonds is 7. The van der Waals surface area contributed by atoms with Crippen LogP contribution < -0.4 is 10.2 Å². The smallest absolute Gasteiger partial charge is 0.251 e. The van der Waals surface area contributed by atoms with E-state index in [1.54, 1.807) is 12.1 Å². The summed E-state index contributed by atoms with van der Waals surface area (Å²) >= 11 is 0. The summed E-state index contributed by atoms with van der Waals surface area (Å²) in [5.74, 6) is -0.00151. The molecule has 0 bridgehead atoms. The zero-order valence-corrected chi connectivity index (χ0v) is 18.6. The number of carbonyl (C=O) groups excluding carboxylic acids is 2. The van der Waals surface area contributed by atoms with Crippen LogP contribution in [0.5, 0.6) is 0 Å². The fourth-order valence-corrected chi connectivity index (χ4v) is 4.20. The molecule has 0 spiro atoms. The second-order valence-electron chi connectivity index (χ2n) is 8.29. The Bertz CT molecular complexity index is 1160. The highest BCUT2D eigenvalue weighted by Gasteiger charge is 2.23. The van der Waals surface area contributed by atoms with Gasteiger partial charge in [-0.05, 0) is 72.7 Å². The number of hydrogen-bond acceptors (Lipinski definition) is 3. The highest BCUT2D eigenvalue weighted by Crippen LogP contribution is 2.29. The lowest BCUT2D eigenvalue weighted by Crippen LogP contribution is -2.36. The number of aryl methyl sites for hydroxylation is 2. The van der Waals surface area contributed by atoms with Crippen molar-refractivity contribution in [2.75, 3.05) is 18.0 Å². The van der Waals surface area contributed by atoms with Crippen molar-refractivity contribution < 1.29 is 9.59 Å². The molecule has 0 aromatic heterocycles. The van der Waals surface area contributed by atoms with E-state index in [0.29, 0.717) is 37.1 Å². The third-order valence-corrected chi connectivity index (χ3v) is 6.01. The molecule has 0 unspecified atom stereocenters. The number of nitrogens with one attached hydrogen (secondary N) is 1. The average Bonchev–Trinajstić information content (AvgIpc) is 2.87. The van der Waals surface area contributed by atoms with Crippen LogP contribution in [0.2, 0.25) is 0 Å². The van der Waals surface area contributed by atoms with Gasteiger partial charge in [0.1, 0.15) is 0 Å². The van der Waals surface area contributed by atoms with Crippen LogP contribution in [0.3, 0.4) is 0 Å². The van der Waals surface area contributed by atoms with Crippen LogP contribution in [0.25, 0.3) is 0 Å². The lowest BCUT2D eigenvalue weighted by atomic mass is 9.98. The van der Waals surface area contributed by atoms with E-state index < -0.39 is 0 Å². The van der Waals surface area contributed by atoms with Crippen LogP contribution in [0, 0.1) is 11.3 Å². The van der Waals surface area contributed by atoms with Crippen molar-refractivity contribution in [2.45, 2.75) is 32.1 Å². The van der Waals surface area contributed by atoms with Gasteiger partial charge in [-0.25, -0.2) is 0 Å². The molecule has 4 rings (SSSR count). The van der Waals surface area contributed by atoms with Crippen molar-refractivity contribution in [2.24, 2.45) is 0 Å². The van der Waals surface area contributed by atoms with Gasteiger partial charge in [0.2, 0.25) is 5.91 Å². The quantitative estimate of drug-likeness (QED) is 0.594. The molecule has 1 heterocycles. The summed E-state index contributed by atoms with van der Waals surface area (Å²) in [6.45, 7) is 1.28. The predicted octanol–water partition coefficient (Wildman–Crippen LogP) is 4.44. The third-order valence-electron chi connectivity index (χ3n) is 6.01. The number of benzene rings is 3. The Balaban J connectivity index is 1.36. The number of anilines is 1. The molecule has 1 aliphatic heterocycles. The van der Waals surface area contributed by atoms with Crippen molar-refractivity contribution in [3.05, 3.63) is 101 Å². The first kappa shape index (κ1) is 22.3. The first-order valence-electron chi connectivity index (χ1n) is 11.4. The largest absolute Gasteiger partial charge is 0.352 e. The van der Waals surface area contributed by atoms with Crippen LogP contribution in [0.15, 0.2) is 72.8 Å². The van der Waals surface area contributed by atoms with Crippen molar-refractivity contribution in [3.63, 3.8) is 0 Å². The van der Waals surface area contributed by atoms with E-state index in [0.717, 1.165) is 36.1 Å². The van der Waals surface area contributed by atoms with E-state index >= 15 is 0 Å². The molecule has 0 fully saturated rings. The lowest BCUT2D eigenvalue weighted by Gasteiger charge is -2.30.